The van der Waals surface area contributed by atoms with Crippen molar-refractivity contribution in [1.82, 2.24) is 9.88 Å². The monoisotopic (exact) mass is 314 g/mol. The Hall–Kier alpha value is -1.25. The second-order valence-electron chi connectivity index (χ2n) is 8.66. The molecule has 1 heterocycles. The minimum Gasteiger partial charge on any atom is -0.355 e. The van der Waals surface area contributed by atoms with E-state index in [9.17, 15) is 4.79 Å². The van der Waals surface area contributed by atoms with Crippen LogP contribution in [0.3, 0.4) is 0 Å². The number of nitrogens with one attached hydrogen (secondary N) is 1. The van der Waals surface area contributed by atoms with Crippen LogP contribution in [-0.2, 0) is 18.3 Å². The van der Waals surface area contributed by atoms with Gasteiger partial charge in [-0.15, -0.1) is 0 Å². The standard InChI is InChI=1S/C20H30N2O/c1-13-6-18(14(2)22(13)3)4-5-21-19(23)20-10-15-7-16(11-20)9-17(8-15)12-20/h6,15-17H,4-5,7-12H2,1-3H3,(H,21,23). The predicted molar refractivity (Wildman–Crippen MR) is 92.2 cm³/mol. The van der Waals surface area contributed by atoms with Crippen LogP contribution in [-0.4, -0.2) is 17.0 Å². The van der Waals surface area contributed by atoms with Crippen molar-refractivity contribution in [2.24, 2.45) is 30.2 Å². The van der Waals surface area contributed by atoms with Gasteiger partial charge in [-0.25, -0.2) is 0 Å². The second kappa shape index (κ2) is 5.39. The molecule has 1 amide bonds. The van der Waals surface area contributed by atoms with Gasteiger partial charge >= 0.3 is 0 Å². The first-order chi connectivity index (χ1) is 11.0. The number of amides is 1. The number of aromatic nitrogens is 1. The summed E-state index contributed by atoms with van der Waals surface area (Å²) >= 11 is 0. The molecule has 4 aliphatic carbocycles. The Kier molecular flexibility index (Phi) is 3.58. The van der Waals surface area contributed by atoms with E-state index in [1.54, 1.807) is 0 Å². The molecule has 1 aromatic heterocycles. The molecule has 0 atom stereocenters. The lowest BCUT2D eigenvalue weighted by molar-refractivity contribution is -0.146. The molecule has 4 aliphatic rings. The van der Waals surface area contributed by atoms with Crippen LogP contribution in [0, 0.1) is 37.0 Å². The number of nitrogens with zero attached hydrogens (tertiary/aromatic N) is 1. The van der Waals surface area contributed by atoms with Gasteiger partial charge in [0.25, 0.3) is 0 Å². The van der Waals surface area contributed by atoms with Gasteiger partial charge in [0.15, 0.2) is 0 Å². The van der Waals surface area contributed by atoms with Gasteiger partial charge in [-0.2, -0.15) is 0 Å². The summed E-state index contributed by atoms with van der Waals surface area (Å²) in [7, 11) is 2.11. The molecule has 0 spiro atoms. The third-order valence-corrected chi connectivity index (χ3v) is 7.08. The van der Waals surface area contributed by atoms with Crippen molar-refractivity contribution in [2.75, 3.05) is 6.54 Å². The largest absolute Gasteiger partial charge is 0.355 e. The summed E-state index contributed by atoms with van der Waals surface area (Å²) in [5.74, 6) is 2.88. The van der Waals surface area contributed by atoms with Crippen molar-refractivity contribution < 1.29 is 4.79 Å². The van der Waals surface area contributed by atoms with Crippen LogP contribution in [0.25, 0.3) is 0 Å². The molecular formula is C20H30N2O. The van der Waals surface area contributed by atoms with Crippen molar-refractivity contribution in [3.05, 3.63) is 23.0 Å². The Morgan fingerprint density at radius 1 is 1.17 bits per heavy atom. The van der Waals surface area contributed by atoms with Gasteiger partial charge in [0.2, 0.25) is 5.91 Å². The van der Waals surface area contributed by atoms with Gasteiger partial charge in [-0.3, -0.25) is 4.79 Å². The molecule has 0 saturated heterocycles. The van der Waals surface area contributed by atoms with E-state index < -0.39 is 0 Å². The normalized spacial score (nSPS) is 34.8. The Bertz CT molecular complexity index is 593. The molecule has 3 nitrogen and oxygen atoms in total. The number of carbonyl (C=O) groups is 1. The van der Waals surface area contributed by atoms with Crippen LogP contribution in [0.5, 0.6) is 0 Å². The first-order valence-corrected chi connectivity index (χ1v) is 9.37. The van der Waals surface area contributed by atoms with Gasteiger partial charge in [0.1, 0.15) is 0 Å². The molecule has 5 rings (SSSR count). The predicted octanol–water partition coefficient (Wildman–Crippen LogP) is 3.52. The quantitative estimate of drug-likeness (QED) is 0.906. The highest BCUT2D eigenvalue weighted by Gasteiger charge is 2.54. The fraction of sp³-hybridized carbons (Fsp3) is 0.750. The van der Waals surface area contributed by atoms with Crippen molar-refractivity contribution in [3.63, 3.8) is 0 Å². The Labute approximate surface area is 139 Å². The van der Waals surface area contributed by atoms with Crippen LogP contribution in [0.1, 0.15) is 55.5 Å². The summed E-state index contributed by atoms with van der Waals surface area (Å²) in [5.41, 5.74) is 3.99. The maximum absolute atomic E-state index is 12.9. The molecule has 0 unspecified atom stereocenters. The number of rotatable bonds is 4. The van der Waals surface area contributed by atoms with E-state index in [4.69, 9.17) is 0 Å². The zero-order valence-electron chi connectivity index (χ0n) is 14.8. The zero-order valence-corrected chi connectivity index (χ0v) is 14.8. The van der Waals surface area contributed by atoms with Crippen LogP contribution in [0.15, 0.2) is 6.07 Å². The Morgan fingerprint density at radius 2 is 1.74 bits per heavy atom. The van der Waals surface area contributed by atoms with E-state index in [0.29, 0.717) is 5.91 Å². The SMILES string of the molecule is Cc1cc(CCNC(=O)C23CC4CC(CC(C4)C2)C3)c(C)n1C. The summed E-state index contributed by atoms with van der Waals surface area (Å²) in [5, 5.41) is 3.30. The van der Waals surface area contributed by atoms with Gasteiger partial charge < -0.3 is 9.88 Å². The molecule has 1 aromatic rings. The topological polar surface area (TPSA) is 34.0 Å². The lowest BCUT2D eigenvalue weighted by atomic mass is 9.49. The average Bonchev–Trinajstić information content (AvgIpc) is 2.73. The molecule has 0 aliphatic heterocycles. The smallest absolute Gasteiger partial charge is 0.226 e. The minimum atomic E-state index is -0.00357. The molecule has 4 fully saturated rings. The van der Waals surface area contributed by atoms with E-state index in [-0.39, 0.29) is 5.41 Å². The fourth-order valence-corrected chi connectivity index (χ4v) is 6.07. The van der Waals surface area contributed by atoms with Crippen LogP contribution in [0.2, 0.25) is 0 Å². The fourth-order valence-electron chi connectivity index (χ4n) is 6.07. The van der Waals surface area contributed by atoms with E-state index in [0.717, 1.165) is 50.0 Å². The molecule has 4 saturated carbocycles. The van der Waals surface area contributed by atoms with Crippen LogP contribution in [0.4, 0.5) is 0 Å². The summed E-state index contributed by atoms with van der Waals surface area (Å²) in [4.78, 5) is 12.9. The molecule has 126 valence electrons. The van der Waals surface area contributed by atoms with E-state index in [1.807, 2.05) is 0 Å². The highest BCUT2D eigenvalue weighted by molar-refractivity contribution is 5.83. The number of hydrogen-bond donors (Lipinski definition) is 1. The maximum atomic E-state index is 12.9. The third kappa shape index (κ3) is 2.53. The van der Waals surface area contributed by atoms with Crippen molar-refractivity contribution >= 4 is 5.91 Å². The van der Waals surface area contributed by atoms with Crippen LogP contribution < -0.4 is 5.32 Å². The summed E-state index contributed by atoms with van der Waals surface area (Å²) in [6.07, 6.45) is 8.63. The van der Waals surface area contributed by atoms with Crippen molar-refractivity contribution in [1.29, 1.82) is 0 Å². The second-order valence-corrected chi connectivity index (χ2v) is 8.66. The summed E-state index contributed by atoms with van der Waals surface area (Å²) in [6, 6.07) is 2.26. The number of hydrogen-bond acceptors (Lipinski definition) is 1. The zero-order chi connectivity index (χ0) is 16.2. The van der Waals surface area contributed by atoms with Gasteiger partial charge in [0, 0.05) is 30.4 Å². The third-order valence-electron chi connectivity index (χ3n) is 7.08. The molecule has 0 radical (unpaired) electrons. The summed E-state index contributed by atoms with van der Waals surface area (Å²) in [6.45, 7) is 5.10. The molecule has 3 heteroatoms. The highest BCUT2D eigenvalue weighted by atomic mass is 16.2. The molecule has 0 aromatic carbocycles. The molecule has 4 bridgehead atoms. The van der Waals surface area contributed by atoms with Crippen molar-refractivity contribution in [3.8, 4) is 0 Å². The lowest BCUT2D eigenvalue weighted by Crippen LogP contribution is -2.53. The van der Waals surface area contributed by atoms with Gasteiger partial charge in [-0.1, -0.05) is 0 Å². The maximum Gasteiger partial charge on any atom is 0.226 e. The van der Waals surface area contributed by atoms with Gasteiger partial charge in [-0.05, 0) is 88.2 Å². The van der Waals surface area contributed by atoms with E-state index >= 15 is 0 Å². The Balaban J connectivity index is 1.38. The van der Waals surface area contributed by atoms with Crippen molar-refractivity contribution in [2.45, 2.75) is 58.8 Å². The van der Waals surface area contributed by atoms with E-state index in [2.05, 4.69) is 36.8 Å². The number of carbonyl (C=O) groups excluding carboxylic acids is 1. The lowest BCUT2D eigenvalue weighted by Gasteiger charge is -2.55. The highest BCUT2D eigenvalue weighted by Crippen LogP contribution is 2.60. The minimum absolute atomic E-state index is 0.00357. The first-order valence-electron chi connectivity index (χ1n) is 9.37. The molecular weight excluding hydrogens is 284 g/mol. The molecule has 1 N–H and O–H groups in total. The Morgan fingerprint density at radius 3 is 2.22 bits per heavy atom. The van der Waals surface area contributed by atoms with Gasteiger partial charge in [0.05, 0.1) is 0 Å². The average molecular weight is 314 g/mol. The van der Waals surface area contributed by atoms with E-state index in [1.165, 1.54) is 36.2 Å². The molecule has 23 heavy (non-hydrogen) atoms. The first kappa shape index (κ1) is 15.3. The summed E-state index contributed by atoms with van der Waals surface area (Å²) < 4.78 is 2.23. The van der Waals surface area contributed by atoms with Crippen LogP contribution >= 0.6 is 0 Å². The number of aryl methyl sites for hydroxylation is 1.